The molecule has 108 valence electrons. The highest BCUT2D eigenvalue weighted by Gasteiger charge is 2.17. The highest BCUT2D eigenvalue weighted by atomic mass is 15.1. The van der Waals surface area contributed by atoms with Gasteiger partial charge in [-0.3, -0.25) is 0 Å². The smallest absolute Gasteiger partial charge is 0.0994 e. The average Bonchev–Trinajstić information content (AvgIpc) is 2.48. The molecule has 0 amide bonds. The molecule has 1 heterocycles. The van der Waals surface area contributed by atoms with Gasteiger partial charge in [-0.1, -0.05) is 6.92 Å². The third-order valence-corrected chi connectivity index (χ3v) is 4.13. The lowest BCUT2D eigenvalue weighted by Gasteiger charge is -2.31. The van der Waals surface area contributed by atoms with Crippen molar-refractivity contribution in [2.75, 3.05) is 31.1 Å². The van der Waals surface area contributed by atoms with E-state index in [1.54, 1.807) is 0 Å². The Kier molecular flexibility index (Phi) is 5.43. The molecular weight excluding hydrogens is 246 g/mol. The first-order chi connectivity index (χ1) is 9.74. The van der Waals surface area contributed by atoms with Crippen LogP contribution in [-0.2, 0) is 0 Å². The number of benzene rings is 1. The van der Waals surface area contributed by atoms with Crippen LogP contribution < -0.4 is 10.2 Å². The second-order valence-electron chi connectivity index (χ2n) is 5.75. The van der Waals surface area contributed by atoms with Crippen molar-refractivity contribution in [2.45, 2.75) is 33.1 Å². The van der Waals surface area contributed by atoms with E-state index in [9.17, 15) is 0 Å². The van der Waals surface area contributed by atoms with Gasteiger partial charge in [0.1, 0.15) is 0 Å². The Morgan fingerprint density at radius 3 is 2.70 bits per heavy atom. The summed E-state index contributed by atoms with van der Waals surface area (Å²) in [5.41, 5.74) is 3.13. The molecule has 2 rings (SSSR count). The quantitative estimate of drug-likeness (QED) is 0.894. The van der Waals surface area contributed by atoms with Crippen molar-refractivity contribution in [3.63, 3.8) is 0 Å². The van der Waals surface area contributed by atoms with E-state index in [1.165, 1.54) is 18.5 Å². The summed E-state index contributed by atoms with van der Waals surface area (Å²) in [6, 6.07) is 8.46. The van der Waals surface area contributed by atoms with Crippen molar-refractivity contribution in [3.8, 4) is 6.07 Å². The van der Waals surface area contributed by atoms with Gasteiger partial charge in [-0.2, -0.15) is 5.26 Å². The number of piperidine rings is 1. The van der Waals surface area contributed by atoms with Crippen LogP contribution in [0.15, 0.2) is 18.2 Å². The first-order valence-electron chi connectivity index (χ1n) is 7.71. The Labute approximate surface area is 122 Å². The fourth-order valence-electron chi connectivity index (χ4n) is 2.94. The van der Waals surface area contributed by atoms with E-state index in [0.29, 0.717) is 0 Å². The number of nitrogens with one attached hydrogen (secondary N) is 1. The van der Waals surface area contributed by atoms with E-state index in [0.717, 1.165) is 49.6 Å². The molecule has 0 aromatic heterocycles. The number of nitrogens with zero attached hydrogens (tertiary/aromatic N) is 2. The molecule has 1 aromatic carbocycles. The van der Waals surface area contributed by atoms with Crippen molar-refractivity contribution in [3.05, 3.63) is 29.3 Å². The molecule has 0 bridgehead atoms. The molecule has 1 saturated heterocycles. The van der Waals surface area contributed by atoms with Crippen LogP contribution in [0.25, 0.3) is 0 Å². The highest BCUT2D eigenvalue weighted by Crippen LogP contribution is 2.22. The van der Waals surface area contributed by atoms with E-state index in [-0.39, 0.29) is 0 Å². The average molecular weight is 271 g/mol. The Morgan fingerprint density at radius 2 is 2.10 bits per heavy atom. The van der Waals surface area contributed by atoms with E-state index in [4.69, 9.17) is 5.26 Å². The summed E-state index contributed by atoms with van der Waals surface area (Å²) in [6.07, 6.45) is 3.70. The van der Waals surface area contributed by atoms with Crippen molar-refractivity contribution in [1.82, 2.24) is 5.32 Å². The SMILES string of the molecule is CCCN(CC1CCNCC1)c1ccc(C#N)c(C)c1. The molecule has 1 aliphatic heterocycles. The zero-order chi connectivity index (χ0) is 14.4. The Balaban J connectivity index is 2.10. The predicted molar refractivity (Wildman–Crippen MR) is 84.0 cm³/mol. The summed E-state index contributed by atoms with van der Waals surface area (Å²) in [5.74, 6) is 0.791. The number of aryl methyl sites for hydroxylation is 1. The van der Waals surface area contributed by atoms with Gasteiger partial charge >= 0.3 is 0 Å². The molecule has 3 heteroatoms. The predicted octanol–water partition coefficient (Wildman–Crippen LogP) is 3.08. The van der Waals surface area contributed by atoms with Crippen LogP contribution in [0.5, 0.6) is 0 Å². The number of nitriles is 1. The van der Waals surface area contributed by atoms with Gasteiger partial charge in [0.05, 0.1) is 11.6 Å². The minimum Gasteiger partial charge on any atom is -0.371 e. The molecular formula is C17H25N3. The van der Waals surface area contributed by atoms with Crippen LogP contribution in [0.3, 0.4) is 0 Å². The summed E-state index contributed by atoms with van der Waals surface area (Å²) in [7, 11) is 0. The molecule has 3 nitrogen and oxygen atoms in total. The molecule has 0 unspecified atom stereocenters. The molecule has 0 saturated carbocycles. The van der Waals surface area contributed by atoms with Gasteiger partial charge in [-0.25, -0.2) is 0 Å². The first-order valence-corrected chi connectivity index (χ1v) is 7.71. The number of rotatable bonds is 5. The molecule has 0 aliphatic carbocycles. The normalized spacial score (nSPS) is 15.8. The number of anilines is 1. The lowest BCUT2D eigenvalue weighted by molar-refractivity contribution is 0.373. The minimum absolute atomic E-state index is 0.784. The second kappa shape index (κ2) is 7.31. The van der Waals surface area contributed by atoms with Crippen LogP contribution in [0.1, 0.15) is 37.3 Å². The van der Waals surface area contributed by atoms with Crippen molar-refractivity contribution in [2.24, 2.45) is 5.92 Å². The Bertz CT molecular complexity index is 470. The third-order valence-electron chi connectivity index (χ3n) is 4.13. The Morgan fingerprint density at radius 1 is 1.35 bits per heavy atom. The molecule has 20 heavy (non-hydrogen) atoms. The van der Waals surface area contributed by atoms with E-state index in [1.807, 2.05) is 13.0 Å². The van der Waals surface area contributed by atoms with Gasteiger partial charge in [-0.05, 0) is 69.0 Å². The van der Waals surface area contributed by atoms with Gasteiger partial charge < -0.3 is 10.2 Å². The van der Waals surface area contributed by atoms with Crippen molar-refractivity contribution in [1.29, 1.82) is 5.26 Å². The van der Waals surface area contributed by atoms with Crippen molar-refractivity contribution >= 4 is 5.69 Å². The summed E-state index contributed by atoms with van der Waals surface area (Å²) in [5, 5.41) is 12.5. The van der Waals surface area contributed by atoms with Gasteiger partial charge in [0.2, 0.25) is 0 Å². The van der Waals surface area contributed by atoms with Crippen LogP contribution in [0, 0.1) is 24.2 Å². The number of hydrogen-bond acceptors (Lipinski definition) is 3. The van der Waals surface area contributed by atoms with E-state index < -0.39 is 0 Å². The zero-order valence-corrected chi connectivity index (χ0v) is 12.7. The molecule has 0 radical (unpaired) electrons. The summed E-state index contributed by atoms with van der Waals surface area (Å²) < 4.78 is 0. The molecule has 0 spiro atoms. The summed E-state index contributed by atoms with van der Waals surface area (Å²) in [6.45, 7) is 8.78. The molecule has 0 atom stereocenters. The lowest BCUT2D eigenvalue weighted by Crippen LogP contribution is -2.36. The third kappa shape index (κ3) is 3.74. The van der Waals surface area contributed by atoms with Crippen LogP contribution in [0.2, 0.25) is 0 Å². The molecule has 1 fully saturated rings. The number of hydrogen-bond donors (Lipinski definition) is 1. The zero-order valence-electron chi connectivity index (χ0n) is 12.7. The fourth-order valence-corrected chi connectivity index (χ4v) is 2.94. The topological polar surface area (TPSA) is 39.1 Å². The maximum Gasteiger partial charge on any atom is 0.0994 e. The summed E-state index contributed by atoms with van der Waals surface area (Å²) >= 11 is 0. The first kappa shape index (κ1) is 14.9. The van der Waals surface area contributed by atoms with Gasteiger partial charge in [-0.15, -0.1) is 0 Å². The fraction of sp³-hybridized carbons (Fsp3) is 0.588. The van der Waals surface area contributed by atoms with Crippen LogP contribution >= 0.6 is 0 Å². The maximum atomic E-state index is 9.04. The van der Waals surface area contributed by atoms with Gasteiger partial charge in [0.15, 0.2) is 0 Å². The lowest BCUT2D eigenvalue weighted by atomic mass is 9.97. The molecule has 1 aliphatic rings. The maximum absolute atomic E-state index is 9.04. The Hall–Kier alpha value is -1.53. The van der Waals surface area contributed by atoms with Gasteiger partial charge in [0.25, 0.3) is 0 Å². The second-order valence-corrected chi connectivity index (χ2v) is 5.75. The minimum atomic E-state index is 0.784. The van der Waals surface area contributed by atoms with E-state index in [2.05, 4.69) is 35.3 Å². The van der Waals surface area contributed by atoms with Crippen LogP contribution in [-0.4, -0.2) is 26.2 Å². The highest BCUT2D eigenvalue weighted by molar-refractivity contribution is 5.53. The standard InChI is InChI=1S/C17H25N3/c1-3-10-20(13-15-6-8-19-9-7-15)17-5-4-16(12-18)14(2)11-17/h4-5,11,15,19H,3,6-10,13H2,1-2H3. The van der Waals surface area contributed by atoms with Crippen molar-refractivity contribution < 1.29 is 0 Å². The van der Waals surface area contributed by atoms with Crippen LogP contribution in [0.4, 0.5) is 5.69 Å². The van der Waals surface area contributed by atoms with E-state index >= 15 is 0 Å². The molecule has 1 N–H and O–H groups in total. The van der Waals surface area contributed by atoms with Gasteiger partial charge in [0, 0.05) is 18.8 Å². The summed E-state index contributed by atoms with van der Waals surface area (Å²) in [4.78, 5) is 2.49. The molecule has 1 aromatic rings. The monoisotopic (exact) mass is 271 g/mol. The largest absolute Gasteiger partial charge is 0.371 e.